The maximum Gasteiger partial charge on any atom is 0.0377 e. The highest BCUT2D eigenvalue weighted by Crippen LogP contribution is 2.33. The highest BCUT2D eigenvalue weighted by atomic mass is 14.9. The van der Waals surface area contributed by atoms with Crippen LogP contribution in [0.15, 0.2) is 18.2 Å². The SMILES string of the molecule is CC1CC(C)CC(Nc2cccc3c2CCCC3)C1. The molecule has 0 radical (unpaired) electrons. The number of hydrogen-bond donors (Lipinski definition) is 1. The van der Waals surface area contributed by atoms with Gasteiger partial charge in [0.05, 0.1) is 0 Å². The van der Waals surface area contributed by atoms with Crippen molar-refractivity contribution in [3.8, 4) is 0 Å². The van der Waals surface area contributed by atoms with Gasteiger partial charge in [-0.1, -0.05) is 26.0 Å². The van der Waals surface area contributed by atoms with E-state index < -0.39 is 0 Å². The van der Waals surface area contributed by atoms with Crippen molar-refractivity contribution in [1.82, 2.24) is 0 Å². The Bertz CT molecular complexity index is 427. The number of nitrogens with one attached hydrogen (secondary N) is 1. The standard InChI is InChI=1S/C18H27N/c1-13-10-14(2)12-16(11-13)19-18-9-5-7-15-6-3-4-8-17(15)18/h5,7,9,13-14,16,19H,3-4,6,8,10-12H2,1-2H3. The second-order valence-electron chi connectivity index (χ2n) is 6.91. The summed E-state index contributed by atoms with van der Waals surface area (Å²) in [5, 5.41) is 3.87. The molecule has 0 heterocycles. The zero-order chi connectivity index (χ0) is 13.2. The number of benzene rings is 1. The predicted octanol–water partition coefficient (Wildman–Crippen LogP) is 4.80. The molecule has 2 atom stereocenters. The first-order valence-electron chi connectivity index (χ1n) is 8.09. The van der Waals surface area contributed by atoms with Crippen molar-refractivity contribution >= 4 is 5.69 Å². The largest absolute Gasteiger partial charge is 0.382 e. The molecule has 0 aliphatic heterocycles. The molecule has 1 aromatic carbocycles. The average molecular weight is 257 g/mol. The summed E-state index contributed by atoms with van der Waals surface area (Å²) in [7, 11) is 0. The molecule has 1 N–H and O–H groups in total. The Balaban J connectivity index is 1.76. The molecule has 0 amide bonds. The van der Waals surface area contributed by atoms with Gasteiger partial charge < -0.3 is 5.32 Å². The molecule has 3 rings (SSSR count). The van der Waals surface area contributed by atoms with Crippen molar-refractivity contribution < 1.29 is 0 Å². The Morgan fingerprint density at radius 2 is 1.68 bits per heavy atom. The fraction of sp³-hybridized carbons (Fsp3) is 0.667. The van der Waals surface area contributed by atoms with Crippen LogP contribution >= 0.6 is 0 Å². The second kappa shape index (κ2) is 5.56. The summed E-state index contributed by atoms with van der Waals surface area (Å²) in [5.74, 6) is 1.75. The molecule has 19 heavy (non-hydrogen) atoms. The Morgan fingerprint density at radius 3 is 2.47 bits per heavy atom. The van der Waals surface area contributed by atoms with E-state index in [1.54, 1.807) is 11.1 Å². The summed E-state index contributed by atoms with van der Waals surface area (Å²) >= 11 is 0. The molecule has 1 aromatic rings. The van der Waals surface area contributed by atoms with Crippen LogP contribution in [0.25, 0.3) is 0 Å². The third kappa shape index (κ3) is 2.96. The lowest BCUT2D eigenvalue weighted by Crippen LogP contribution is -2.30. The minimum absolute atomic E-state index is 0.687. The highest BCUT2D eigenvalue weighted by molar-refractivity contribution is 5.56. The van der Waals surface area contributed by atoms with E-state index in [1.807, 2.05) is 0 Å². The minimum atomic E-state index is 0.687. The van der Waals surface area contributed by atoms with Gasteiger partial charge in [0.2, 0.25) is 0 Å². The van der Waals surface area contributed by atoms with E-state index in [0.717, 1.165) is 11.8 Å². The van der Waals surface area contributed by atoms with E-state index in [0.29, 0.717) is 6.04 Å². The van der Waals surface area contributed by atoms with Gasteiger partial charge in [-0.15, -0.1) is 0 Å². The summed E-state index contributed by atoms with van der Waals surface area (Å²) in [6.45, 7) is 4.82. The topological polar surface area (TPSA) is 12.0 Å². The third-order valence-corrected chi connectivity index (χ3v) is 4.93. The molecule has 0 aromatic heterocycles. The van der Waals surface area contributed by atoms with Crippen LogP contribution in [0.3, 0.4) is 0 Å². The van der Waals surface area contributed by atoms with Crippen LogP contribution in [0.1, 0.15) is 57.1 Å². The molecular formula is C18H27N. The van der Waals surface area contributed by atoms with Crippen molar-refractivity contribution in [2.75, 3.05) is 5.32 Å². The first-order chi connectivity index (χ1) is 9.22. The summed E-state index contributed by atoms with van der Waals surface area (Å²) in [4.78, 5) is 0. The first-order valence-corrected chi connectivity index (χ1v) is 8.09. The fourth-order valence-electron chi connectivity index (χ4n) is 4.20. The van der Waals surface area contributed by atoms with Crippen LogP contribution in [0.2, 0.25) is 0 Å². The van der Waals surface area contributed by atoms with Crippen LogP contribution in [-0.4, -0.2) is 6.04 Å². The summed E-state index contributed by atoms with van der Waals surface area (Å²) in [5.41, 5.74) is 4.64. The Hall–Kier alpha value is -0.980. The fourth-order valence-corrected chi connectivity index (χ4v) is 4.20. The normalized spacial score (nSPS) is 30.7. The minimum Gasteiger partial charge on any atom is -0.382 e. The third-order valence-electron chi connectivity index (χ3n) is 4.93. The van der Waals surface area contributed by atoms with Gasteiger partial charge in [0, 0.05) is 11.7 Å². The molecule has 2 aliphatic carbocycles. The zero-order valence-corrected chi connectivity index (χ0v) is 12.4. The van der Waals surface area contributed by atoms with Crippen molar-refractivity contribution in [2.24, 2.45) is 11.8 Å². The summed E-state index contributed by atoms with van der Waals surface area (Å²) < 4.78 is 0. The molecule has 0 bridgehead atoms. The number of aryl methyl sites for hydroxylation is 1. The molecule has 104 valence electrons. The molecular weight excluding hydrogens is 230 g/mol. The van der Waals surface area contributed by atoms with Gasteiger partial charge in [-0.2, -0.15) is 0 Å². The van der Waals surface area contributed by atoms with Crippen molar-refractivity contribution in [3.63, 3.8) is 0 Å². The molecule has 2 aliphatic rings. The molecule has 0 saturated heterocycles. The molecule has 1 fully saturated rings. The van der Waals surface area contributed by atoms with Gasteiger partial charge in [0.1, 0.15) is 0 Å². The molecule has 1 saturated carbocycles. The van der Waals surface area contributed by atoms with Gasteiger partial charge in [-0.05, 0) is 74.0 Å². The van der Waals surface area contributed by atoms with Crippen molar-refractivity contribution in [2.45, 2.75) is 64.8 Å². The summed E-state index contributed by atoms with van der Waals surface area (Å²) in [6.07, 6.45) is 9.38. The molecule has 2 unspecified atom stereocenters. The van der Waals surface area contributed by atoms with E-state index in [9.17, 15) is 0 Å². The van der Waals surface area contributed by atoms with E-state index in [1.165, 1.54) is 50.6 Å². The predicted molar refractivity (Wildman–Crippen MR) is 82.7 cm³/mol. The average Bonchev–Trinajstić information content (AvgIpc) is 2.38. The van der Waals surface area contributed by atoms with E-state index >= 15 is 0 Å². The van der Waals surface area contributed by atoms with Crippen molar-refractivity contribution in [3.05, 3.63) is 29.3 Å². The molecule has 1 nitrogen and oxygen atoms in total. The van der Waals surface area contributed by atoms with Gasteiger partial charge in [0.25, 0.3) is 0 Å². The van der Waals surface area contributed by atoms with Crippen LogP contribution < -0.4 is 5.32 Å². The number of rotatable bonds is 2. The quantitative estimate of drug-likeness (QED) is 0.802. The van der Waals surface area contributed by atoms with Crippen LogP contribution in [0.4, 0.5) is 5.69 Å². The monoisotopic (exact) mass is 257 g/mol. The maximum atomic E-state index is 3.87. The van der Waals surface area contributed by atoms with Gasteiger partial charge in [-0.25, -0.2) is 0 Å². The lowest BCUT2D eigenvalue weighted by molar-refractivity contribution is 0.280. The van der Waals surface area contributed by atoms with Gasteiger partial charge in [0.15, 0.2) is 0 Å². The number of anilines is 1. The Labute approximate surface area is 117 Å². The smallest absolute Gasteiger partial charge is 0.0377 e. The number of hydrogen-bond acceptors (Lipinski definition) is 1. The van der Waals surface area contributed by atoms with Gasteiger partial charge in [-0.3, -0.25) is 0 Å². The van der Waals surface area contributed by atoms with E-state index in [-0.39, 0.29) is 0 Å². The maximum absolute atomic E-state index is 3.87. The highest BCUT2D eigenvalue weighted by Gasteiger charge is 2.24. The Kier molecular flexibility index (Phi) is 3.81. The molecule has 0 spiro atoms. The molecule has 1 heteroatoms. The van der Waals surface area contributed by atoms with Crippen LogP contribution in [0.5, 0.6) is 0 Å². The zero-order valence-electron chi connectivity index (χ0n) is 12.4. The lowest BCUT2D eigenvalue weighted by atomic mass is 9.80. The lowest BCUT2D eigenvalue weighted by Gasteiger charge is -2.33. The second-order valence-corrected chi connectivity index (χ2v) is 6.91. The van der Waals surface area contributed by atoms with Gasteiger partial charge >= 0.3 is 0 Å². The Morgan fingerprint density at radius 1 is 0.947 bits per heavy atom. The van der Waals surface area contributed by atoms with E-state index in [2.05, 4.69) is 37.4 Å². The van der Waals surface area contributed by atoms with Crippen LogP contribution in [-0.2, 0) is 12.8 Å². The van der Waals surface area contributed by atoms with Crippen LogP contribution in [0, 0.1) is 11.8 Å². The first kappa shape index (κ1) is 13.0. The number of fused-ring (bicyclic) bond motifs is 1. The van der Waals surface area contributed by atoms with Crippen molar-refractivity contribution in [1.29, 1.82) is 0 Å². The van der Waals surface area contributed by atoms with E-state index in [4.69, 9.17) is 0 Å². The summed E-state index contributed by atoms with van der Waals surface area (Å²) in [6, 6.07) is 7.55.